The average molecular weight is 1630 g/mol. The number of aromatic nitrogens is 3. The Hall–Kier alpha value is -9.12. The van der Waals surface area contributed by atoms with Gasteiger partial charge in [-0.3, -0.25) is 28.8 Å². The van der Waals surface area contributed by atoms with Crippen LogP contribution in [0.2, 0.25) is 0 Å². The third-order valence-corrected chi connectivity index (χ3v) is 19.6. The van der Waals surface area contributed by atoms with Gasteiger partial charge in [0.15, 0.2) is 0 Å². The van der Waals surface area contributed by atoms with Crippen LogP contribution in [-0.4, -0.2) is 127 Å². The van der Waals surface area contributed by atoms with Crippen LogP contribution in [0.25, 0.3) is 21.6 Å². The number of amides is 4. The summed E-state index contributed by atoms with van der Waals surface area (Å²) in [6.07, 6.45) is 2.27. The maximum absolute atomic E-state index is 12.5. The van der Waals surface area contributed by atoms with E-state index in [-0.39, 0.29) is 58.3 Å². The van der Waals surface area contributed by atoms with Crippen LogP contribution < -0.4 is 27.5 Å². The lowest BCUT2D eigenvalue weighted by atomic mass is 9.81. The van der Waals surface area contributed by atoms with Crippen LogP contribution in [-0.2, 0) is 33.2 Å². The number of halogens is 2. The molecule has 4 amide bonds. The Morgan fingerprint density at radius 2 is 0.927 bits per heavy atom. The Balaban J connectivity index is 0.00000125. The number of nitrogens with zero attached hydrogens (tertiary/aromatic N) is 8. The van der Waals surface area contributed by atoms with Gasteiger partial charge in [-0.25, -0.2) is 4.79 Å². The molecule has 3 saturated heterocycles. The Kier molecular flexibility index (Phi) is 49.2. The number of alkyl carbamates (subject to hydrolysis) is 1. The number of benzene rings is 5. The van der Waals surface area contributed by atoms with Crippen molar-refractivity contribution in [3.63, 3.8) is 0 Å². The summed E-state index contributed by atoms with van der Waals surface area (Å²) < 4.78 is 10.4. The van der Waals surface area contributed by atoms with Gasteiger partial charge in [-0.15, -0.1) is 0 Å². The first-order chi connectivity index (χ1) is 51.9. The van der Waals surface area contributed by atoms with Crippen molar-refractivity contribution < 1.29 is 34.0 Å². The Morgan fingerprint density at radius 3 is 1.34 bits per heavy atom. The number of azide groups is 1. The molecule has 0 spiro atoms. The van der Waals surface area contributed by atoms with E-state index in [1.54, 1.807) is 110 Å². The van der Waals surface area contributed by atoms with Gasteiger partial charge >= 0.3 is 13.2 Å². The fourth-order valence-electron chi connectivity index (χ4n) is 11.4. The highest BCUT2D eigenvalue weighted by Crippen LogP contribution is 2.36. The number of aryl methyl sites for hydroxylation is 1. The zero-order valence-electron chi connectivity index (χ0n) is 68.9. The second kappa shape index (κ2) is 53.7. The van der Waals surface area contributed by atoms with Crippen LogP contribution in [0, 0.1) is 20.8 Å². The molecule has 594 valence electrons. The lowest BCUT2D eigenvalue weighted by Crippen LogP contribution is -2.57. The summed E-state index contributed by atoms with van der Waals surface area (Å²) in [6, 6.07) is 58.7. The lowest BCUT2D eigenvalue weighted by Gasteiger charge is -2.41. The number of hydrogen-bond donors (Lipinski definition) is 4. The SMILES string of the molecule is CC.CC.CC.CC.CC.CC1C(c2ccccc2)CC(N=[N+]=[N-])C(=O)N1C.CC1C(c2ccccc2)CC(NC(=O)OC(C)(C)C)C(=O)N1C.CC1C(c2ccccc2)CCC(=O)N1C.Cc1[nH]c(=O)ccc1Br.Cc1c(-c2ccccc2)ccc(=O)n1C.Cc1c(Br)ccc(=O)n1C.OB(O)c1ccccc1. The number of piperidine rings is 3. The number of pyridine rings is 3. The van der Waals surface area contributed by atoms with E-state index in [0.29, 0.717) is 36.7 Å². The van der Waals surface area contributed by atoms with E-state index in [1.165, 1.54) is 28.8 Å². The third-order valence-electron chi connectivity index (χ3n) is 17.9. The van der Waals surface area contributed by atoms with Crippen LogP contribution in [0.1, 0.15) is 188 Å². The zero-order chi connectivity index (χ0) is 83.3. The van der Waals surface area contributed by atoms with Crippen molar-refractivity contribution in [2.45, 2.75) is 211 Å². The second-order valence-electron chi connectivity index (χ2n) is 25.4. The van der Waals surface area contributed by atoms with Crippen molar-refractivity contribution in [2.75, 3.05) is 21.1 Å². The molecule has 4 N–H and O–H groups in total. The quantitative estimate of drug-likeness (QED) is 0.0507. The Labute approximate surface area is 666 Å². The summed E-state index contributed by atoms with van der Waals surface area (Å²) in [5.74, 6) is 0.995. The molecule has 6 heterocycles. The first-order valence-electron chi connectivity index (χ1n) is 37.6. The number of ether oxygens (including phenoxy) is 1. The fraction of sp³-hybridized carbons (Fsp3) is 0.430. The minimum atomic E-state index is -1.34. The molecule has 3 aromatic heterocycles. The summed E-state index contributed by atoms with van der Waals surface area (Å²) in [6.45, 7) is 37.3. The van der Waals surface area contributed by atoms with Crippen molar-refractivity contribution in [3.8, 4) is 11.1 Å². The molecule has 8 atom stereocenters. The Morgan fingerprint density at radius 1 is 0.532 bits per heavy atom. The molecule has 11 rings (SSSR count). The van der Waals surface area contributed by atoms with Crippen LogP contribution in [0.3, 0.4) is 0 Å². The topological polar surface area (TPSA) is 265 Å². The van der Waals surface area contributed by atoms with Crippen molar-refractivity contribution >= 4 is 68.3 Å². The number of H-pyrrole nitrogens is 1. The van der Waals surface area contributed by atoms with E-state index < -0.39 is 30.9 Å². The van der Waals surface area contributed by atoms with Gasteiger partial charge in [-0.2, -0.15) is 0 Å². The van der Waals surface area contributed by atoms with E-state index in [9.17, 15) is 33.6 Å². The van der Waals surface area contributed by atoms with Gasteiger partial charge in [-0.1, -0.05) is 226 Å². The molecule has 20 nitrogen and oxygen atoms in total. The van der Waals surface area contributed by atoms with Gasteiger partial charge in [0.05, 0.1) is 0 Å². The van der Waals surface area contributed by atoms with Gasteiger partial charge in [0.25, 0.3) is 5.56 Å². The van der Waals surface area contributed by atoms with Crippen molar-refractivity contribution in [1.29, 1.82) is 0 Å². The van der Waals surface area contributed by atoms with Crippen molar-refractivity contribution in [3.05, 3.63) is 272 Å². The number of rotatable bonds is 7. The zero-order valence-corrected chi connectivity index (χ0v) is 72.1. The molecule has 0 aliphatic carbocycles. The summed E-state index contributed by atoms with van der Waals surface area (Å²) >= 11 is 6.58. The van der Waals surface area contributed by atoms with E-state index in [1.807, 2.05) is 201 Å². The lowest BCUT2D eigenvalue weighted by molar-refractivity contribution is -0.138. The minimum Gasteiger partial charge on any atom is -0.444 e. The van der Waals surface area contributed by atoms with Crippen molar-refractivity contribution in [2.24, 2.45) is 19.2 Å². The van der Waals surface area contributed by atoms with Gasteiger partial charge in [0, 0.05) is 132 Å². The number of aromatic amines is 1. The largest absolute Gasteiger partial charge is 0.488 e. The van der Waals surface area contributed by atoms with Gasteiger partial charge in [0.2, 0.25) is 28.8 Å². The second-order valence-corrected chi connectivity index (χ2v) is 27.2. The van der Waals surface area contributed by atoms with Crippen LogP contribution >= 0.6 is 31.9 Å². The summed E-state index contributed by atoms with van der Waals surface area (Å²) in [4.78, 5) is 91.5. The predicted molar refractivity (Wildman–Crippen MR) is 457 cm³/mol. The molecule has 3 fully saturated rings. The molecule has 109 heavy (non-hydrogen) atoms. The van der Waals surface area contributed by atoms with Gasteiger partial charge in [0.1, 0.15) is 17.7 Å². The summed E-state index contributed by atoms with van der Waals surface area (Å²) in [5, 5.41) is 23.5. The molecule has 3 aliphatic heterocycles. The molecule has 0 bridgehead atoms. The van der Waals surface area contributed by atoms with Gasteiger partial charge in [-0.05, 0) is 165 Å². The van der Waals surface area contributed by atoms with Crippen LogP contribution in [0.15, 0.2) is 217 Å². The number of likely N-dealkylation sites (tertiary alicyclic amines) is 3. The maximum Gasteiger partial charge on any atom is 0.488 e. The van der Waals surface area contributed by atoms with E-state index in [2.05, 4.69) is 108 Å². The average Bonchev–Trinajstić information content (AvgIpc) is 0.804. The number of nitrogens with one attached hydrogen (secondary N) is 2. The number of carbonyl (C=O) groups excluding carboxylic acids is 4. The summed E-state index contributed by atoms with van der Waals surface area (Å²) in [5.41, 5.74) is 17.3. The first kappa shape index (κ1) is 99.9. The molecule has 8 aromatic rings. The molecule has 3 aliphatic rings. The van der Waals surface area contributed by atoms with Crippen molar-refractivity contribution in [1.82, 2.24) is 34.1 Å². The molecule has 5 aromatic carbocycles. The van der Waals surface area contributed by atoms with E-state index in [0.717, 1.165) is 43.6 Å². The first-order valence-corrected chi connectivity index (χ1v) is 39.2. The molecular weight excluding hydrogens is 1500 g/mol. The highest BCUT2D eigenvalue weighted by molar-refractivity contribution is 9.10. The van der Waals surface area contributed by atoms with Crippen LogP contribution in [0.5, 0.6) is 0 Å². The number of hydrogen-bond acceptors (Lipinski definition) is 11. The standard InChI is InChI=1S/C18H26N2O3.C13H16N4O.C13H17NO.C13H13NO.C7H8BrNO.C6H7BO2.C6H6BrNO.5C2H6/c1-12-14(13-9-7-6-8-10-13)11-15(16(21)20(12)5)19-17(22)23-18(2,3)4;1-9-11(10-6-4-3-5-7-10)8-12(15-16-14)13(18)17(9)2;2*1-10-12(8-9-13(15)14(10)2)11-6-4-3-5-7-11;1-5-6(8)3-4-7(10)9(5)2;8-7(9)6-4-2-1-3-5-6;1-4-5(7)2-3-6(9)8-4;5*1-2/h6-10,12,14-15H,11H2,1-5H3,(H,19,22);3-7,9,11-12H,8H2,1-2H3;3-7,10,12H,8-9H2,1-2H3;3-9H,1-2H3;3-4H,1-2H3;1-5,8-9H;2-3H,1H3,(H,8,9);5*1-2H3. The van der Waals surface area contributed by atoms with E-state index in [4.69, 9.17) is 20.3 Å². The molecule has 8 unspecified atom stereocenters. The van der Waals surface area contributed by atoms with E-state index >= 15 is 0 Å². The molecule has 23 heteroatoms. The summed E-state index contributed by atoms with van der Waals surface area (Å²) in [7, 11) is 7.66. The highest BCUT2D eigenvalue weighted by atomic mass is 79.9. The third kappa shape index (κ3) is 33.3. The Bertz CT molecular complexity index is 4140. The molecule has 0 saturated carbocycles. The minimum absolute atomic E-state index is 0.0284. The number of carbonyl (C=O) groups is 4. The molecule has 0 radical (unpaired) electrons. The monoisotopic (exact) mass is 1620 g/mol. The fourth-order valence-corrected chi connectivity index (χ4v) is 12.0. The number of likely N-dealkylation sites (N-methyl/N-ethyl adjacent to an activating group) is 3. The molecular formula is C86H123BBr2N10O10. The normalized spacial score (nSPS) is 17.7. The van der Waals surface area contributed by atoms with Crippen LogP contribution in [0.4, 0.5) is 4.79 Å². The smallest absolute Gasteiger partial charge is 0.444 e. The highest BCUT2D eigenvalue weighted by Gasteiger charge is 2.40. The van der Waals surface area contributed by atoms with Gasteiger partial charge < -0.3 is 48.9 Å². The predicted octanol–water partition coefficient (Wildman–Crippen LogP) is 17.8. The maximum atomic E-state index is 12.5.